The number of nitrogens with zero attached hydrogens (tertiary/aromatic N) is 3. The van der Waals surface area contributed by atoms with Crippen LogP contribution in [0.4, 0.5) is 0 Å². The number of ether oxygens (including phenoxy) is 2. The fraction of sp³-hybridized carbons (Fsp3) is 0.704. The van der Waals surface area contributed by atoms with Gasteiger partial charge >= 0.3 is 11.9 Å². The zero-order valence-corrected chi connectivity index (χ0v) is 27.4. The molecule has 0 saturated carbocycles. The topological polar surface area (TPSA) is 303 Å². The number of H-pyrrole nitrogens is 1. The van der Waals surface area contributed by atoms with Crippen molar-refractivity contribution in [2.24, 2.45) is 5.92 Å². The summed E-state index contributed by atoms with van der Waals surface area (Å²) in [5.41, 5.74) is 0. The molecular weight excluding hydrogens is 662 g/mol. The molecule has 1 rings (SSSR count). The van der Waals surface area contributed by atoms with E-state index >= 15 is 0 Å². The van der Waals surface area contributed by atoms with E-state index in [4.69, 9.17) is 9.47 Å². The van der Waals surface area contributed by atoms with Crippen LogP contribution in [0.15, 0.2) is 0 Å². The van der Waals surface area contributed by atoms with Crippen LogP contribution >= 0.6 is 0 Å². The van der Waals surface area contributed by atoms with Gasteiger partial charge in [-0.25, -0.2) is 13.2 Å². The number of hydrogen-bond acceptors (Lipinski definition) is 14. The van der Waals surface area contributed by atoms with Gasteiger partial charge in [0, 0.05) is 45.1 Å². The standard InChI is InChI=1S/C27H43N7O13S/c1-18(35)7-9-21(27(42)43)29-24(38)10-8-19(26(40)41)16-20(36)17-47-14-13-46-12-11-28-23(37)6-3-15-48(44,45)32-25(39)5-2-4-22-30-33-34-31-22/h19,21H,2-17H2,1H3,(H,28,37)(H,29,38)(H,32,39)(H,40,41)(H,42,43)(H,30,31,33,34). The average Bonchev–Trinajstić information content (AvgIpc) is 3.51. The molecule has 20 nitrogen and oxygen atoms in total. The highest BCUT2D eigenvalue weighted by Crippen LogP contribution is 2.13. The molecule has 0 saturated heterocycles. The van der Waals surface area contributed by atoms with Gasteiger partial charge < -0.3 is 35.1 Å². The van der Waals surface area contributed by atoms with Crippen LogP contribution in [-0.2, 0) is 59.5 Å². The Kier molecular flexibility index (Phi) is 20.0. The summed E-state index contributed by atoms with van der Waals surface area (Å²) in [6.45, 7) is 1.17. The molecule has 0 spiro atoms. The summed E-state index contributed by atoms with van der Waals surface area (Å²) in [4.78, 5) is 81.9. The molecule has 1 heterocycles. The van der Waals surface area contributed by atoms with Crippen LogP contribution in [-0.4, -0.2) is 125 Å². The van der Waals surface area contributed by atoms with E-state index in [0.717, 1.165) is 0 Å². The highest BCUT2D eigenvalue weighted by atomic mass is 32.2. The number of carboxylic acids is 2. The Morgan fingerprint density at radius 1 is 0.854 bits per heavy atom. The predicted octanol–water partition coefficient (Wildman–Crippen LogP) is -1.72. The molecule has 0 aliphatic rings. The molecule has 1 aromatic heterocycles. The van der Waals surface area contributed by atoms with Crippen LogP contribution < -0.4 is 15.4 Å². The summed E-state index contributed by atoms with van der Waals surface area (Å²) in [5.74, 6) is -6.39. The number of amides is 3. The quantitative estimate of drug-likeness (QED) is 0.0528. The Morgan fingerprint density at radius 3 is 2.21 bits per heavy atom. The van der Waals surface area contributed by atoms with Crippen molar-refractivity contribution in [3.05, 3.63) is 5.82 Å². The van der Waals surface area contributed by atoms with E-state index in [1.54, 1.807) is 0 Å². The number of nitrogens with one attached hydrogen (secondary N) is 4. The van der Waals surface area contributed by atoms with Crippen LogP contribution in [0.5, 0.6) is 0 Å². The Morgan fingerprint density at radius 2 is 1.56 bits per heavy atom. The van der Waals surface area contributed by atoms with Gasteiger partial charge in [-0.2, -0.15) is 5.21 Å². The molecule has 2 unspecified atom stereocenters. The van der Waals surface area contributed by atoms with Crippen LogP contribution in [0.25, 0.3) is 0 Å². The van der Waals surface area contributed by atoms with Crippen molar-refractivity contribution < 1.29 is 61.7 Å². The normalized spacial score (nSPS) is 12.4. The van der Waals surface area contributed by atoms with Crippen molar-refractivity contribution in [3.63, 3.8) is 0 Å². The molecule has 0 bridgehead atoms. The van der Waals surface area contributed by atoms with Gasteiger partial charge in [0.05, 0.1) is 31.5 Å². The lowest BCUT2D eigenvalue weighted by Crippen LogP contribution is -2.41. The molecule has 0 radical (unpaired) electrons. The van der Waals surface area contributed by atoms with Gasteiger partial charge in [-0.3, -0.25) is 28.7 Å². The van der Waals surface area contributed by atoms with Crippen LogP contribution in [0.3, 0.4) is 0 Å². The molecule has 48 heavy (non-hydrogen) atoms. The van der Waals surface area contributed by atoms with E-state index < -0.39 is 76.2 Å². The third-order valence-electron chi connectivity index (χ3n) is 6.44. The third-order valence-corrected chi connectivity index (χ3v) is 7.81. The molecule has 0 fully saturated rings. The fourth-order valence-electron chi connectivity index (χ4n) is 3.97. The smallest absolute Gasteiger partial charge is 0.326 e. The molecule has 2 atom stereocenters. The number of carbonyl (C=O) groups is 7. The maximum Gasteiger partial charge on any atom is 0.326 e. The first-order valence-electron chi connectivity index (χ1n) is 15.1. The molecule has 3 amide bonds. The van der Waals surface area contributed by atoms with Gasteiger partial charge in [-0.15, -0.1) is 10.2 Å². The maximum absolute atomic E-state index is 12.2. The first kappa shape index (κ1) is 41.7. The van der Waals surface area contributed by atoms with Crippen molar-refractivity contribution in [3.8, 4) is 0 Å². The molecule has 0 aliphatic carbocycles. The SMILES string of the molecule is CC(=O)CCC(NC(=O)CCC(CC(=O)COCCOCCNC(=O)CCCS(=O)(=O)NC(=O)CCCc1nn[nH]n1)C(=O)O)C(=O)O. The van der Waals surface area contributed by atoms with E-state index in [2.05, 4.69) is 31.3 Å². The minimum atomic E-state index is -3.90. The highest BCUT2D eigenvalue weighted by molar-refractivity contribution is 7.90. The maximum atomic E-state index is 12.2. The van der Waals surface area contributed by atoms with Gasteiger partial charge in [-0.05, 0) is 32.6 Å². The molecule has 6 N–H and O–H groups in total. The molecule has 0 aromatic carbocycles. The monoisotopic (exact) mass is 705 g/mol. The van der Waals surface area contributed by atoms with Gasteiger partial charge in [0.15, 0.2) is 11.6 Å². The summed E-state index contributed by atoms with van der Waals surface area (Å²) in [7, 11) is -3.90. The van der Waals surface area contributed by atoms with E-state index in [9.17, 15) is 52.2 Å². The molecule has 0 aliphatic heterocycles. The lowest BCUT2D eigenvalue weighted by molar-refractivity contribution is -0.145. The number of carbonyl (C=O) groups excluding carboxylic acids is 5. The zero-order valence-electron chi connectivity index (χ0n) is 26.6. The van der Waals surface area contributed by atoms with E-state index in [1.807, 2.05) is 4.72 Å². The summed E-state index contributed by atoms with van der Waals surface area (Å²) in [5, 5.41) is 36.5. The number of ketones is 2. The average molecular weight is 706 g/mol. The second-order valence-electron chi connectivity index (χ2n) is 10.7. The van der Waals surface area contributed by atoms with Crippen LogP contribution in [0, 0.1) is 5.92 Å². The largest absolute Gasteiger partial charge is 0.481 e. The molecule has 1 aromatic rings. The Balaban J connectivity index is 2.14. The van der Waals surface area contributed by atoms with E-state index in [-0.39, 0.29) is 77.1 Å². The number of sulfonamides is 1. The number of aliphatic carboxylic acids is 2. The first-order valence-corrected chi connectivity index (χ1v) is 16.8. The number of aryl methyl sites for hydroxylation is 1. The molecule has 21 heteroatoms. The minimum absolute atomic E-state index is 0.00262. The number of aromatic amines is 1. The van der Waals surface area contributed by atoms with Crippen LogP contribution in [0.2, 0.25) is 0 Å². The van der Waals surface area contributed by atoms with Crippen molar-refractivity contribution in [2.75, 3.05) is 38.7 Å². The van der Waals surface area contributed by atoms with Crippen molar-refractivity contribution in [2.45, 2.75) is 77.2 Å². The van der Waals surface area contributed by atoms with Crippen molar-refractivity contribution >= 4 is 51.2 Å². The number of carboxylic acid groups (broad SMARTS) is 2. The second-order valence-corrected chi connectivity index (χ2v) is 12.5. The number of rotatable bonds is 28. The summed E-state index contributed by atoms with van der Waals surface area (Å²) in [6.07, 6.45) is -0.556. The predicted molar refractivity (Wildman–Crippen MR) is 162 cm³/mol. The minimum Gasteiger partial charge on any atom is -0.481 e. The van der Waals surface area contributed by atoms with Crippen molar-refractivity contribution in [1.29, 1.82) is 0 Å². The molecule has 270 valence electrons. The van der Waals surface area contributed by atoms with Crippen molar-refractivity contribution in [1.82, 2.24) is 36.0 Å². The Bertz CT molecular complexity index is 1320. The number of Topliss-reactive ketones (excluding diaryl/α,β-unsaturated/α-hetero) is 2. The summed E-state index contributed by atoms with van der Waals surface area (Å²) in [6, 6.07) is -1.29. The summed E-state index contributed by atoms with van der Waals surface area (Å²) < 4.78 is 36.5. The van der Waals surface area contributed by atoms with Crippen LogP contribution in [0.1, 0.15) is 70.5 Å². The zero-order chi connectivity index (χ0) is 36.0. The highest BCUT2D eigenvalue weighted by Gasteiger charge is 2.25. The first-order chi connectivity index (χ1) is 22.7. The van der Waals surface area contributed by atoms with Gasteiger partial charge in [0.2, 0.25) is 27.7 Å². The van der Waals surface area contributed by atoms with E-state index in [1.165, 1.54) is 6.92 Å². The van der Waals surface area contributed by atoms with Gasteiger partial charge in [0.25, 0.3) is 0 Å². The van der Waals surface area contributed by atoms with Gasteiger partial charge in [-0.1, -0.05) is 5.21 Å². The molecular formula is C27H43N7O13S. The lowest BCUT2D eigenvalue weighted by atomic mass is 9.97. The number of hydrogen-bond donors (Lipinski definition) is 6. The summed E-state index contributed by atoms with van der Waals surface area (Å²) >= 11 is 0. The number of aromatic nitrogens is 4. The third kappa shape index (κ3) is 20.7. The Labute approximate surface area is 276 Å². The second kappa shape index (κ2) is 23.0. The Hall–Kier alpha value is -4.37. The fourth-order valence-corrected chi connectivity index (χ4v) is 5.05. The lowest BCUT2D eigenvalue weighted by Gasteiger charge is -2.15. The van der Waals surface area contributed by atoms with Gasteiger partial charge in [0.1, 0.15) is 18.4 Å². The van der Waals surface area contributed by atoms with E-state index in [0.29, 0.717) is 18.7 Å². The number of tetrazole rings is 1.